The third-order valence-electron chi connectivity index (χ3n) is 1.20. The second-order valence-corrected chi connectivity index (χ2v) is 2.05. The zero-order valence-electron chi connectivity index (χ0n) is 5.88. The van der Waals surface area contributed by atoms with E-state index in [1.807, 2.05) is 0 Å². The van der Waals surface area contributed by atoms with E-state index in [-0.39, 0.29) is 0 Å². The highest BCUT2D eigenvalue weighted by molar-refractivity contribution is 6.58. The maximum Gasteiger partial charge on any atom is 0.491 e. The van der Waals surface area contributed by atoms with Gasteiger partial charge in [-0.15, -0.1) is 0 Å². The first-order chi connectivity index (χ1) is 5.24. The summed E-state index contributed by atoms with van der Waals surface area (Å²) in [5, 5.41) is 21.1. The molecule has 11 heavy (non-hydrogen) atoms. The number of nitrogens with zero attached hydrogens (tertiary/aromatic N) is 3. The average Bonchev–Trinajstić information content (AvgIpc) is 2.37. The summed E-state index contributed by atoms with van der Waals surface area (Å²) < 4.78 is 1.46. The molecule has 58 valence electrons. The smallest absolute Gasteiger partial charge is 0.423 e. The zero-order valence-corrected chi connectivity index (χ0v) is 5.88. The van der Waals surface area contributed by atoms with E-state index in [1.54, 1.807) is 0 Å². The van der Waals surface area contributed by atoms with Gasteiger partial charge in [0.05, 0.1) is 0 Å². The molecule has 0 aliphatic heterocycles. The maximum atomic E-state index is 8.66. The van der Waals surface area contributed by atoms with Crippen LogP contribution in [0.3, 0.4) is 0 Å². The third kappa shape index (κ3) is 1.89. The Morgan fingerprint density at radius 1 is 1.73 bits per heavy atom. The van der Waals surface area contributed by atoms with Gasteiger partial charge in [-0.2, -0.15) is 5.10 Å². The van der Waals surface area contributed by atoms with Crippen LogP contribution >= 0.6 is 0 Å². The van der Waals surface area contributed by atoms with Crippen molar-refractivity contribution in [2.75, 3.05) is 0 Å². The van der Waals surface area contributed by atoms with Crippen molar-refractivity contribution < 1.29 is 10.0 Å². The second-order valence-electron chi connectivity index (χ2n) is 2.05. The quantitative estimate of drug-likeness (QED) is 0.398. The molecule has 0 aromatic carbocycles. The van der Waals surface area contributed by atoms with E-state index in [0.29, 0.717) is 12.1 Å². The molecule has 0 aliphatic carbocycles. The molecule has 0 atom stereocenters. The van der Waals surface area contributed by atoms with E-state index >= 15 is 0 Å². The lowest BCUT2D eigenvalue weighted by atomic mass is 9.83. The highest BCUT2D eigenvalue weighted by Crippen LogP contribution is 1.83. The Morgan fingerprint density at radius 3 is 2.91 bits per heavy atom. The van der Waals surface area contributed by atoms with Crippen molar-refractivity contribution in [3.05, 3.63) is 12.4 Å². The van der Waals surface area contributed by atoms with Crippen molar-refractivity contribution in [2.45, 2.75) is 6.67 Å². The van der Waals surface area contributed by atoms with Crippen LogP contribution in [0, 0.1) is 0 Å². The lowest BCUT2D eigenvalue weighted by Gasteiger charge is -1.92. The Bertz CT molecular complexity index is 248. The van der Waals surface area contributed by atoms with Gasteiger partial charge in [0.25, 0.3) is 0 Å². The Balaban J connectivity index is 2.73. The van der Waals surface area contributed by atoms with Gasteiger partial charge in [0, 0.05) is 17.9 Å². The van der Waals surface area contributed by atoms with Gasteiger partial charge in [-0.3, -0.25) is 9.67 Å². The van der Waals surface area contributed by atoms with Crippen LogP contribution in [0.15, 0.2) is 17.4 Å². The van der Waals surface area contributed by atoms with E-state index in [4.69, 9.17) is 10.0 Å². The number of aliphatic imine (C=N–C) groups is 1. The SMILES string of the molecule is C=NCn1cc(B(O)O)cn1. The Labute approximate surface area is 64.1 Å². The molecule has 0 saturated carbocycles. The lowest BCUT2D eigenvalue weighted by molar-refractivity contribution is 0.425. The molecule has 2 N–H and O–H groups in total. The van der Waals surface area contributed by atoms with Gasteiger partial charge in [-0.25, -0.2) is 0 Å². The van der Waals surface area contributed by atoms with E-state index < -0.39 is 7.12 Å². The molecule has 1 aromatic rings. The van der Waals surface area contributed by atoms with Crippen LogP contribution in [-0.4, -0.2) is 33.7 Å². The molecular formula is C5H8BN3O2. The van der Waals surface area contributed by atoms with Gasteiger partial charge < -0.3 is 10.0 Å². The molecule has 0 amide bonds. The zero-order chi connectivity index (χ0) is 8.27. The fourth-order valence-electron chi connectivity index (χ4n) is 0.693. The molecule has 0 bridgehead atoms. The molecule has 1 heterocycles. The highest BCUT2D eigenvalue weighted by atomic mass is 16.4. The second kappa shape index (κ2) is 3.31. The van der Waals surface area contributed by atoms with E-state index in [0.717, 1.165) is 0 Å². The van der Waals surface area contributed by atoms with Crippen molar-refractivity contribution in [2.24, 2.45) is 4.99 Å². The van der Waals surface area contributed by atoms with Crippen molar-refractivity contribution in [1.29, 1.82) is 0 Å². The molecule has 0 spiro atoms. The molecule has 1 rings (SSSR count). The van der Waals surface area contributed by atoms with Crippen molar-refractivity contribution in [3.63, 3.8) is 0 Å². The Hall–Kier alpha value is -1.14. The first kappa shape index (κ1) is 7.97. The predicted octanol–water partition coefficient (Wildman–Crippen LogP) is -1.78. The summed E-state index contributed by atoms with van der Waals surface area (Å²) in [7, 11) is -1.46. The van der Waals surface area contributed by atoms with Crippen molar-refractivity contribution in [3.8, 4) is 0 Å². The molecule has 5 nitrogen and oxygen atoms in total. The highest BCUT2D eigenvalue weighted by Gasteiger charge is 2.12. The monoisotopic (exact) mass is 153 g/mol. The van der Waals surface area contributed by atoms with Gasteiger partial charge in [0.15, 0.2) is 0 Å². The van der Waals surface area contributed by atoms with Gasteiger partial charge in [-0.05, 0) is 6.72 Å². The molecule has 0 aliphatic rings. The van der Waals surface area contributed by atoms with Crippen molar-refractivity contribution in [1.82, 2.24) is 9.78 Å². The summed E-state index contributed by atoms with van der Waals surface area (Å²) in [6.07, 6.45) is 2.87. The first-order valence-corrected chi connectivity index (χ1v) is 3.05. The molecular weight excluding hydrogens is 145 g/mol. The number of rotatable bonds is 3. The summed E-state index contributed by atoms with van der Waals surface area (Å²) in [4.78, 5) is 3.57. The van der Waals surface area contributed by atoms with Crippen LogP contribution in [0.25, 0.3) is 0 Å². The van der Waals surface area contributed by atoms with Gasteiger partial charge >= 0.3 is 7.12 Å². The fourth-order valence-corrected chi connectivity index (χ4v) is 0.693. The summed E-state index contributed by atoms with van der Waals surface area (Å²) in [6, 6.07) is 0. The van der Waals surface area contributed by atoms with E-state index in [1.165, 1.54) is 17.1 Å². The van der Waals surface area contributed by atoms with Gasteiger partial charge in [0.2, 0.25) is 0 Å². The third-order valence-corrected chi connectivity index (χ3v) is 1.20. The Morgan fingerprint density at radius 2 is 2.45 bits per heavy atom. The normalized spacial score (nSPS) is 9.64. The first-order valence-electron chi connectivity index (χ1n) is 3.05. The summed E-state index contributed by atoms with van der Waals surface area (Å²) in [6.45, 7) is 3.60. The summed E-state index contributed by atoms with van der Waals surface area (Å²) in [5.41, 5.74) is 0.355. The minimum atomic E-state index is -1.46. The van der Waals surface area contributed by atoms with Crippen LogP contribution in [0.2, 0.25) is 0 Å². The summed E-state index contributed by atoms with van der Waals surface area (Å²) in [5.74, 6) is 0. The molecule has 0 saturated heterocycles. The maximum absolute atomic E-state index is 8.66. The van der Waals surface area contributed by atoms with Crippen molar-refractivity contribution >= 4 is 19.3 Å². The van der Waals surface area contributed by atoms with Crippen LogP contribution in [-0.2, 0) is 6.67 Å². The van der Waals surface area contributed by atoms with Gasteiger partial charge in [0.1, 0.15) is 6.67 Å². The molecule has 0 radical (unpaired) electrons. The molecule has 0 fully saturated rings. The number of hydrogen-bond donors (Lipinski definition) is 2. The minimum absolute atomic E-state index is 0.326. The lowest BCUT2D eigenvalue weighted by Crippen LogP contribution is -2.28. The van der Waals surface area contributed by atoms with Crippen LogP contribution < -0.4 is 5.46 Å². The molecule has 1 aromatic heterocycles. The standard InChI is InChI=1S/C5H8BN3O2/c1-7-4-9-3-5(2-8-9)6(10)11/h2-3,10-11H,1,4H2. The molecule has 6 heteroatoms. The average molecular weight is 153 g/mol. The van der Waals surface area contributed by atoms with Gasteiger partial charge in [-0.1, -0.05) is 0 Å². The fraction of sp³-hybridized carbons (Fsp3) is 0.200. The number of hydrogen-bond acceptors (Lipinski definition) is 4. The van der Waals surface area contributed by atoms with Crippen LogP contribution in [0.5, 0.6) is 0 Å². The van der Waals surface area contributed by atoms with E-state index in [2.05, 4.69) is 16.8 Å². The van der Waals surface area contributed by atoms with Crippen LogP contribution in [0.1, 0.15) is 0 Å². The largest absolute Gasteiger partial charge is 0.491 e. The molecule has 0 unspecified atom stereocenters. The number of aromatic nitrogens is 2. The minimum Gasteiger partial charge on any atom is -0.423 e. The van der Waals surface area contributed by atoms with Crippen LogP contribution in [0.4, 0.5) is 0 Å². The predicted molar refractivity (Wildman–Crippen MR) is 41.6 cm³/mol. The van der Waals surface area contributed by atoms with E-state index in [9.17, 15) is 0 Å². The topological polar surface area (TPSA) is 70.6 Å². The summed E-state index contributed by atoms with van der Waals surface area (Å²) >= 11 is 0. The Kier molecular flexibility index (Phi) is 2.40.